The van der Waals surface area contributed by atoms with E-state index in [1.54, 1.807) is 24.3 Å². The average molecular weight is 312 g/mol. The maximum Gasteiger partial charge on any atom is 0.416 e. The van der Waals surface area contributed by atoms with Crippen molar-refractivity contribution < 1.29 is 22.7 Å². The van der Waals surface area contributed by atoms with Crippen LogP contribution in [0.1, 0.15) is 15.9 Å². The van der Waals surface area contributed by atoms with E-state index in [4.69, 9.17) is 4.74 Å². The zero-order valence-corrected chi connectivity index (χ0v) is 11.8. The minimum atomic E-state index is -4.37. The Hall–Kier alpha value is -1.95. The molecule has 0 aliphatic heterocycles. The van der Waals surface area contributed by atoms with Gasteiger partial charge < -0.3 is 4.74 Å². The zero-order valence-electron chi connectivity index (χ0n) is 11.0. The summed E-state index contributed by atoms with van der Waals surface area (Å²) in [6.45, 7) is 0. The van der Waals surface area contributed by atoms with E-state index < -0.39 is 11.7 Å². The van der Waals surface area contributed by atoms with Crippen LogP contribution in [0, 0.1) is 0 Å². The van der Waals surface area contributed by atoms with Crippen LogP contribution in [-0.2, 0) is 6.18 Å². The van der Waals surface area contributed by atoms with Crippen LogP contribution in [-0.4, -0.2) is 12.2 Å². The van der Waals surface area contributed by atoms with Gasteiger partial charge in [0.25, 0.3) is 0 Å². The van der Waals surface area contributed by atoms with Gasteiger partial charge in [-0.25, -0.2) is 0 Å². The van der Waals surface area contributed by atoms with Crippen molar-refractivity contribution in [3.63, 3.8) is 0 Å². The fraction of sp³-hybridized carbons (Fsp3) is 0.133. The first-order valence-electron chi connectivity index (χ1n) is 5.93. The number of hydrogen-bond donors (Lipinski definition) is 0. The highest BCUT2D eigenvalue weighted by Crippen LogP contribution is 2.31. The van der Waals surface area contributed by atoms with Gasteiger partial charge in [-0.05, 0) is 60.3 Å². The third kappa shape index (κ3) is 4.01. The van der Waals surface area contributed by atoms with E-state index in [1.165, 1.54) is 19.2 Å². The summed E-state index contributed by atoms with van der Waals surface area (Å²) in [6, 6.07) is 11.0. The summed E-state index contributed by atoms with van der Waals surface area (Å²) in [5, 5.41) is -0.239. The normalized spacial score (nSPS) is 11.2. The van der Waals surface area contributed by atoms with Crippen LogP contribution in [0.25, 0.3) is 0 Å². The predicted octanol–water partition coefficient (Wildman–Crippen LogP) is 4.65. The van der Waals surface area contributed by atoms with Crippen molar-refractivity contribution in [1.29, 1.82) is 0 Å². The summed E-state index contributed by atoms with van der Waals surface area (Å²) in [5.74, 6) is 0.631. The number of halogens is 3. The van der Waals surface area contributed by atoms with Crippen molar-refractivity contribution in [3.05, 3.63) is 59.7 Å². The Kier molecular flexibility index (Phi) is 4.57. The van der Waals surface area contributed by atoms with E-state index in [0.29, 0.717) is 16.2 Å². The molecule has 0 N–H and O–H groups in total. The van der Waals surface area contributed by atoms with Gasteiger partial charge in [-0.3, -0.25) is 4.79 Å². The zero-order chi connectivity index (χ0) is 15.5. The molecular weight excluding hydrogens is 301 g/mol. The lowest BCUT2D eigenvalue weighted by atomic mass is 10.2. The van der Waals surface area contributed by atoms with Gasteiger partial charge in [0.2, 0.25) is 5.12 Å². The van der Waals surface area contributed by atoms with Crippen LogP contribution < -0.4 is 4.74 Å². The Morgan fingerprint density at radius 3 is 2.05 bits per heavy atom. The molecule has 0 bridgehead atoms. The van der Waals surface area contributed by atoms with Gasteiger partial charge in [0.15, 0.2) is 0 Å². The summed E-state index contributed by atoms with van der Waals surface area (Å²) >= 11 is 0.882. The maximum absolute atomic E-state index is 12.4. The molecule has 0 amide bonds. The molecule has 6 heteroatoms. The van der Waals surface area contributed by atoms with E-state index in [1.807, 2.05) is 0 Å². The van der Waals surface area contributed by atoms with E-state index in [9.17, 15) is 18.0 Å². The molecule has 2 rings (SSSR count). The molecule has 2 aromatic rings. The van der Waals surface area contributed by atoms with Crippen molar-refractivity contribution in [2.24, 2.45) is 0 Å². The third-order valence-electron chi connectivity index (χ3n) is 2.72. The fourth-order valence-corrected chi connectivity index (χ4v) is 2.35. The highest BCUT2D eigenvalue weighted by Gasteiger charge is 2.30. The summed E-state index contributed by atoms with van der Waals surface area (Å²) in [7, 11) is 1.52. The molecular formula is C15H11F3O2S. The summed E-state index contributed by atoms with van der Waals surface area (Å²) < 4.78 is 42.3. The lowest BCUT2D eigenvalue weighted by Gasteiger charge is -2.07. The first kappa shape index (κ1) is 15.4. The first-order chi connectivity index (χ1) is 9.90. The quantitative estimate of drug-likeness (QED) is 0.772. The number of rotatable bonds is 3. The molecule has 0 fully saturated rings. The van der Waals surface area contributed by atoms with Crippen molar-refractivity contribution in [3.8, 4) is 5.75 Å². The maximum atomic E-state index is 12.4. The minimum Gasteiger partial charge on any atom is -0.497 e. The molecule has 0 saturated carbocycles. The summed E-state index contributed by atoms with van der Waals surface area (Å²) in [5.41, 5.74) is -0.274. The second-order valence-corrected chi connectivity index (χ2v) is 5.19. The van der Waals surface area contributed by atoms with Crippen LogP contribution in [0.5, 0.6) is 5.75 Å². The molecule has 2 nitrogen and oxygen atoms in total. The number of ether oxygens (including phenoxy) is 1. The van der Waals surface area contributed by atoms with Gasteiger partial charge >= 0.3 is 6.18 Å². The second-order valence-electron chi connectivity index (χ2n) is 4.14. The van der Waals surface area contributed by atoms with Gasteiger partial charge in [-0.15, -0.1) is 0 Å². The Morgan fingerprint density at radius 2 is 1.57 bits per heavy atom. The molecule has 0 aromatic heterocycles. The highest BCUT2D eigenvalue weighted by atomic mass is 32.2. The number of hydrogen-bond acceptors (Lipinski definition) is 3. The summed E-state index contributed by atoms with van der Waals surface area (Å²) in [4.78, 5) is 12.5. The van der Waals surface area contributed by atoms with Gasteiger partial charge in [0.05, 0.1) is 12.7 Å². The Morgan fingerprint density at radius 1 is 1.00 bits per heavy atom. The van der Waals surface area contributed by atoms with Gasteiger partial charge in [0.1, 0.15) is 5.75 Å². The van der Waals surface area contributed by atoms with E-state index >= 15 is 0 Å². The largest absolute Gasteiger partial charge is 0.497 e. The van der Waals surface area contributed by atoms with Gasteiger partial charge in [0, 0.05) is 10.5 Å². The lowest BCUT2D eigenvalue weighted by molar-refractivity contribution is -0.137. The van der Waals surface area contributed by atoms with E-state index in [2.05, 4.69) is 0 Å². The molecule has 2 aromatic carbocycles. The predicted molar refractivity (Wildman–Crippen MR) is 74.6 cm³/mol. The molecule has 0 saturated heterocycles. The molecule has 0 unspecified atom stereocenters. The molecule has 110 valence electrons. The average Bonchev–Trinajstić information content (AvgIpc) is 2.47. The molecule has 0 spiro atoms. The van der Waals surface area contributed by atoms with Crippen molar-refractivity contribution >= 4 is 16.9 Å². The van der Waals surface area contributed by atoms with Crippen molar-refractivity contribution in [2.75, 3.05) is 7.11 Å². The van der Waals surface area contributed by atoms with Gasteiger partial charge in [-0.1, -0.05) is 0 Å². The number of methoxy groups -OCH3 is 1. The van der Waals surface area contributed by atoms with Crippen LogP contribution in [0.15, 0.2) is 53.4 Å². The Balaban J connectivity index is 2.08. The smallest absolute Gasteiger partial charge is 0.416 e. The SMILES string of the molecule is COc1ccc(C(=O)Sc2ccc(C(F)(F)F)cc2)cc1. The number of alkyl halides is 3. The van der Waals surface area contributed by atoms with Crippen molar-refractivity contribution in [1.82, 2.24) is 0 Å². The molecule has 0 radical (unpaired) electrons. The standard InChI is InChI=1S/C15H11F3O2S/c1-20-12-6-2-10(3-7-12)14(19)21-13-8-4-11(5-9-13)15(16,17)18/h2-9H,1H3. The highest BCUT2D eigenvalue weighted by molar-refractivity contribution is 8.14. The summed E-state index contributed by atoms with van der Waals surface area (Å²) in [6.07, 6.45) is -4.37. The van der Waals surface area contributed by atoms with Crippen molar-refractivity contribution in [2.45, 2.75) is 11.1 Å². The molecule has 0 aliphatic carbocycles. The molecule has 0 heterocycles. The Bertz CT molecular complexity index is 619. The Labute approximate surface area is 123 Å². The number of carbonyl (C=O) groups excluding carboxylic acids is 1. The van der Waals surface area contributed by atoms with Crippen LogP contribution >= 0.6 is 11.8 Å². The topological polar surface area (TPSA) is 26.3 Å². The van der Waals surface area contributed by atoms with E-state index in [-0.39, 0.29) is 5.12 Å². The number of thioether (sulfide) groups is 1. The lowest BCUT2D eigenvalue weighted by Crippen LogP contribution is -2.04. The third-order valence-corrected chi connectivity index (χ3v) is 3.65. The fourth-order valence-electron chi connectivity index (χ4n) is 1.61. The second kappa shape index (κ2) is 6.22. The first-order valence-corrected chi connectivity index (χ1v) is 6.75. The van der Waals surface area contributed by atoms with Gasteiger partial charge in [-0.2, -0.15) is 13.2 Å². The van der Waals surface area contributed by atoms with Crippen LogP contribution in [0.2, 0.25) is 0 Å². The van der Waals surface area contributed by atoms with E-state index in [0.717, 1.165) is 23.9 Å². The number of carbonyl (C=O) groups is 1. The monoisotopic (exact) mass is 312 g/mol. The molecule has 21 heavy (non-hydrogen) atoms. The number of benzene rings is 2. The molecule has 0 aliphatic rings. The van der Waals surface area contributed by atoms with Crippen LogP contribution in [0.4, 0.5) is 13.2 Å². The minimum absolute atomic E-state index is 0.239. The van der Waals surface area contributed by atoms with Crippen LogP contribution in [0.3, 0.4) is 0 Å². The molecule has 0 atom stereocenters.